The SMILES string of the molecule is CC1C(C2=CC(C(F)(F)F)=CCC(C(F)(F)F)=C2)OC(=O)N1Cc1cc(C(F)(F)F)ccc1-c1cccc(-n2cccn2)c1. The zero-order chi connectivity index (χ0) is 32.0. The summed E-state index contributed by atoms with van der Waals surface area (Å²) in [5.41, 5.74) is -2.77. The number of alkyl halides is 9. The first-order valence-corrected chi connectivity index (χ1v) is 13.1. The van der Waals surface area contributed by atoms with E-state index in [1.54, 1.807) is 36.5 Å². The minimum Gasteiger partial charge on any atom is -0.439 e. The van der Waals surface area contributed by atoms with Crippen molar-refractivity contribution >= 4 is 6.09 Å². The number of ether oxygens (including phenoxy) is 1. The lowest BCUT2D eigenvalue weighted by atomic mass is 9.95. The van der Waals surface area contributed by atoms with Crippen LogP contribution in [-0.4, -0.2) is 45.3 Å². The van der Waals surface area contributed by atoms with Gasteiger partial charge in [0.05, 0.1) is 29.4 Å². The Labute approximate surface area is 244 Å². The average molecular weight is 628 g/mol. The number of benzene rings is 2. The first-order chi connectivity index (χ1) is 20.5. The number of rotatable bonds is 5. The molecule has 5 rings (SSSR count). The third-order valence-corrected chi connectivity index (χ3v) is 7.32. The van der Waals surface area contributed by atoms with Crippen LogP contribution in [0.3, 0.4) is 0 Å². The zero-order valence-electron chi connectivity index (χ0n) is 22.6. The highest BCUT2D eigenvalue weighted by atomic mass is 19.4. The van der Waals surface area contributed by atoms with Gasteiger partial charge in [-0.25, -0.2) is 9.48 Å². The molecule has 1 fully saturated rings. The molecule has 44 heavy (non-hydrogen) atoms. The van der Waals surface area contributed by atoms with Gasteiger partial charge in [-0.15, -0.1) is 0 Å². The molecule has 0 saturated carbocycles. The van der Waals surface area contributed by atoms with Crippen molar-refractivity contribution in [2.45, 2.75) is 50.6 Å². The summed E-state index contributed by atoms with van der Waals surface area (Å²) in [6.45, 7) is 0.859. The van der Waals surface area contributed by atoms with E-state index in [9.17, 15) is 44.3 Å². The van der Waals surface area contributed by atoms with Crippen LogP contribution < -0.4 is 0 Å². The molecule has 1 aromatic heterocycles. The van der Waals surface area contributed by atoms with Gasteiger partial charge >= 0.3 is 24.6 Å². The van der Waals surface area contributed by atoms with Gasteiger partial charge in [0.25, 0.3) is 0 Å². The minimum absolute atomic E-state index is 0.0270. The van der Waals surface area contributed by atoms with E-state index < -0.39 is 72.0 Å². The summed E-state index contributed by atoms with van der Waals surface area (Å²) in [7, 11) is 0. The highest BCUT2D eigenvalue weighted by Crippen LogP contribution is 2.40. The number of amides is 1. The highest BCUT2D eigenvalue weighted by Gasteiger charge is 2.44. The van der Waals surface area contributed by atoms with E-state index in [1.807, 2.05) is 0 Å². The Morgan fingerprint density at radius 2 is 1.66 bits per heavy atom. The molecular formula is C30H22F9N3O2. The maximum atomic E-state index is 13.7. The quantitative estimate of drug-likeness (QED) is 0.267. The summed E-state index contributed by atoms with van der Waals surface area (Å²) < 4.78 is 129. The molecule has 1 saturated heterocycles. The number of nitrogens with zero attached hydrogens (tertiary/aromatic N) is 3. The number of halogens is 9. The average Bonchev–Trinajstić information content (AvgIpc) is 3.49. The highest BCUT2D eigenvalue weighted by molar-refractivity contribution is 5.74. The van der Waals surface area contributed by atoms with Gasteiger partial charge in [0, 0.05) is 18.0 Å². The second kappa shape index (κ2) is 11.2. The van der Waals surface area contributed by atoms with Crippen molar-refractivity contribution in [1.82, 2.24) is 14.7 Å². The molecule has 0 radical (unpaired) electrons. The molecule has 1 amide bonds. The first kappa shape index (κ1) is 31.0. The number of allylic oxidation sites excluding steroid dienone is 4. The van der Waals surface area contributed by atoms with Crippen molar-refractivity contribution in [2.75, 3.05) is 0 Å². The molecule has 2 atom stereocenters. The Morgan fingerprint density at radius 3 is 2.30 bits per heavy atom. The van der Waals surface area contributed by atoms with Crippen LogP contribution in [0.4, 0.5) is 44.3 Å². The molecule has 14 heteroatoms. The van der Waals surface area contributed by atoms with Gasteiger partial charge in [0.1, 0.15) is 6.10 Å². The van der Waals surface area contributed by atoms with Crippen molar-refractivity contribution in [3.05, 3.63) is 107 Å². The zero-order valence-corrected chi connectivity index (χ0v) is 22.6. The van der Waals surface area contributed by atoms with Crippen LogP contribution in [0.2, 0.25) is 0 Å². The molecule has 0 spiro atoms. The standard InChI is InChI=1S/C30H22F9N3O2/c1-17-26(19-12-21(28(31,32)33)6-7-22(13-19)29(34,35)36)44-27(43)41(17)16-20-14-23(30(37,38)39)8-9-25(20)18-4-2-5-24(15-18)42-11-3-10-40-42/h2-6,8-15,17,26H,7,16H2,1H3. The van der Waals surface area contributed by atoms with E-state index in [0.717, 1.165) is 17.0 Å². The lowest BCUT2D eigenvalue weighted by molar-refractivity contribution is -0.137. The van der Waals surface area contributed by atoms with Crippen LogP contribution in [0.1, 0.15) is 24.5 Å². The predicted molar refractivity (Wildman–Crippen MR) is 140 cm³/mol. The van der Waals surface area contributed by atoms with Crippen LogP contribution in [0.5, 0.6) is 0 Å². The summed E-state index contributed by atoms with van der Waals surface area (Å²) in [6, 6.07) is 10.2. The van der Waals surface area contributed by atoms with E-state index in [-0.39, 0.29) is 5.56 Å². The van der Waals surface area contributed by atoms with E-state index in [2.05, 4.69) is 5.10 Å². The third-order valence-electron chi connectivity index (χ3n) is 7.32. The molecule has 232 valence electrons. The molecule has 2 unspecified atom stereocenters. The van der Waals surface area contributed by atoms with Gasteiger partial charge in [-0.05, 0) is 78.1 Å². The second-order valence-corrected chi connectivity index (χ2v) is 10.2. The van der Waals surface area contributed by atoms with Gasteiger partial charge in [-0.2, -0.15) is 44.6 Å². The van der Waals surface area contributed by atoms with Gasteiger partial charge in [-0.3, -0.25) is 4.90 Å². The van der Waals surface area contributed by atoms with E-state index in [0.29, 0.717) is 35.0 Å². The van der Waals surface area contributed by atoms with Crippen LogP contribution in [0, 0.1) is 0 Å². The minimum atomic E-state index is -4.98. The van der Waals surface area contributed by atoms with Gasteiger partial charge in [-0.1, -0.05) is 24.3 Å². The van der Waals surface area contributed by atoms with Crippen molar-refractivity contribution < 1.29 is 49.0 Å². The monoisotopic (exact) mass is 627 g/mol. The molecular weight excluding hydrogens is 605 g/mol. The van der Waals surface area contributed by atoms with Gasteiger partial charge in [0.15, 0.2) is 0 Å². The van der Waals surface area contributed by atoms with Gasteiger partial charge < -0.3 is 4.74 Å². The smallest absolute Gasteiger partial charge is 0.416 e. The fourth-order valence-electron chi connectivity index (χ4n) is 5.08. The summed E-state index contributed by atoms with van der Waals surface area (Å²) in [5.74, 6) is 0. The Balaban J connectivity index is 1.53. The Bertz CT molecular complexity index is 1650. The third kappa shape index (κ3) is 6.38. The van der Waals surface area contributed by atoms with Crippen molar-refractivity contribution in [2.24, 2.45) is 0 Å². The molecule has 0 N–H and O–H groups in total. The molecule has 2 aliphatic rings. The number of carbonyl (C=O) groups is 1. The number of hydrogen-bond donors (Lipinski definition) is 0. The maximum absolute atomic E-state index is 13.7. The number of hydrogen-bond acceptors (Lipinski definition) is 3. The normalized spacial score (nSPS) is 19.7. The second-order valence-electron chi connectivity index (χ2n) is 10.2. The van der Waals surface area contributed by atoms with Crippen molar-refractivity contribution in [3.63, 3.8) is 0 Å². The molecule has 0 bridgehead atoms. The van der Waals surface area contributed by atoms with Crippen LogP contribution in [0.25, 0.3) is 16.8 Å². The molecule has 1 aliphatic heterocycles. The summed E-state index contributed by atoms with van der Waals surface area (Å²) in [5, 5.41) is 4.14. The van der Waals surface area contributed by atoms with E-state index >= 15 is 0 Å². The fraction of sp³-hybridized carbons (Fsp3) is 0.267. The van der Waals surface area contributed by atoms with Crippen molar-refractivity contribution in [1.29, 1.82) is 0 Å². The topological polar surface area (TPSA) is 47.4 Å². The number of cyclic esters (lactones) is 1. The lowest BCUT2D eigenvalue weighted by Gasteiger charge is -2.24. The Hall–Kier alpha value is -4.49. The fourth-order valence-corrected chi connectivity index (χ4v) is 5.08. The number of carbonyl (C=O) groups excluding carboxylic acids is 1. The van der Waals surface area contributed by atoms with E-state index in [1.165, 1.54) is 23.9 Å². The molecule has 1 aliphatic carbocycles. The molecule has 5 nitrogen and oxygen atoms in total. The number of aromatic nitrogens is 2. The summed E-state index contributed by atoms with van der Waals surface area (Å²) in [4.78, 5) is 14.0. The maximum Gasteiger partial charge on any atom is 0.416 e. The molecule has 3 aromatic rings. The largest absolute Gasteiger partial charge is 0.439 e. The summed E-state index contributed by atoms with van der Waals surface area (Å²) >= 11 is 0. The Kier molecular flexibility index (Phi) is 7.89. The molecule has 2 aromatic carbocycles. The van der Waals surface area contributed by atoms with Crippen molar-refractivity contribution in [3.8, 4) is 16.8 Å². The van der Waals surface area contributed by atoms with Crippen LogP contribution in [0.15, 0.2) is 95.9 Å². The van der Waals surface area contributed by atoms with Gasteiger partial charge in [0.2, 0.25) is 0 Å². The van der Waals surface area contributed by atoms with Crippen LogP contribution in [-0.2, 0) is 17.5 Å². The van der Waals surface area contributed by atoms with E-state index in [4.69, 9.17) is 4.74 Å². The summed E-state index contributed by atoms with van der Waals surface area (Å²) in [6.07, 6.45) is -13.8. The predicted octanol–water partition coefficient (Wildman–Crippen LogP) is 8.57. The first-order valence-electron chi connectivity index (χ1n) is 13.1. The molecule has 2 heterocycles. The van der Waals surface area contributed by atoms with Crippen LogP contribution >= 0.6 is 0 Å². The lowest BCUT2D eigenvalue weighted by Crippen LogP contribution is -2.34. The Morgan fingerprint density at radius 1 is 0.909 bits per heavy atom.